The Morgan fingerprint density at radius 3 is 2.39 bits per heavy atom. The van der Waals surface area contributed by atoms with Crippen molar-refractivity contribution in [1.29, 1.82) is 0 Å². The minimum Gasteiger partial charge on any atom is -0.493 e. The molecule has 2 heterocycles. The normalized spacial score (nSPS) is 11.0. The molecule has 0 unspecified atom stereocenters. The van der Waals surface area contributed by atoms with Crippen LogP contribution in [-0.4, -0.2) is 29.3 Å². The second-order valence-electron chi connectivity index (χ2n) is 7.52. The van der Waals surface area contributed by atoms with Crippen molar-refractivity contribution in [2.24, 2.45) is 0 Å². The highest BCUT2D eigenvalue weighted by Gasteiger charge is 2.16. The zero-order chi connectivity index (χ0) is 22.8. The molecule has 0 saturated heterocycles. The molecule has 6 nitrogen and oxygen atoms in total. The highest BCUT2D eigenvalue weighted by Crippen LogP contribution is 2.40. The van der Waals surface area contributed by atoms with E-state index in [1.165, 1.54) is 0 Å². The lowest BCUT2D eigenvalue weighted by Gasteiger charge is -2.15. The number of hydrogen-bond donors (Lipinski definition) is 1. The summed E-state index contributed by atoms with van der Waals surface area (Å²) in [6.45, 7) is -0.0474. The van der Waals surface area contributed by atoms with Crippen molar-refractivity contribution in [3.63, 3.8) is 0 Å². The van der Waals surface area contributed by atoms with E-state index in [0.717, 1.165) is 32.9 Å². The van der Waals surface area contributed by atoms with Crippen LogP contribution in [0.25, 0.3) is 33.1 Å². The first-order chi connectivity index (χ1) is 16.2. The summed E-state index contributed by atoms with van der Waals surface area (Å²) in [4.78, 5) is 9.35. The average molecular weight is 438 g/mol. The van der Waals surface area contributed by atoms with Gasteiger partial charge < -0.3 is 19.3 Å². The molecule has 33 heavy (non-hydrogen) atoms. The van der Waals surface area contributed by atoms with Gasteiger partial charge in [-0.25, -0.2) is 4.98 Å². The number of fused-ring (bicyclic) bond motifs is 2. The molecule has 6 heteroatoms. The third-order valence-electron chi connectivity index (χ3n) is 5.50. The number of pyridine rings is 2. The van der Waals surface area contributed by atoms with Crippen LogP contribution in [-0.2, 0) is 6.61 Å². The number of aromatic nitrogens is 2. The average Bonchev–Trinajstić information content (AvgIpc) is 2.87. The van der Waals surface area contributed by atoms with Gasteiger partial charge in [0.05, 0.1) is 31.9 Å². The number of benzene rings is 3. The topological polar surface area (TPSA) is 73.7 Å². The lowest BCUT2D eigenvalue weighted by molar-refractivity contribution is 0.282. The fraction of sp³-hybridized carbons (Fsp3) is 0.111. The number of methoxy groups -OCH3 is 2. The molecule has 0 spiro atoms. The number of aliphatic hydroxyl groups is 1. The second-order valence-corrected chi connectivity index (χ2v) is 7.52. The molecule has 3 aromatic carbocycles. The predicted molar refractivity (Wildman–Crippen MR) is 128 cm³/mol. The number of hydrogen-bond acceptors (Lipinski definition) is 6. The molecule has 0 atom stereocenters. The standard InChI is InChI=1S/C27H22N2O4/c1-31-24-14-20-22(15-25(24)32-2)28-11-10-23(20)33-26-13-18-7-3-4-9-21(18)29-27(26)19-8-5-6-17(12-19)16-30/h3-15,30H,16H2,1-2H3. The molecule has 0 aliphatic rings. The molecule has 164 valence electrons. The summed E-state index contributed by atoms with van der Waals surface area (Å²) < 4.78 is 17.4. The van der Waals surface area contributed by atoms with Crippen LogP contribution < -0.4 is 14.2 Å². The van der Waals surface area contributed by atoms with E-state index in [4.69, 9.17) is 19.2 Å². The fourth-order valence-electron chi connectivity index (χ4n) is 3.85. The van der Waals surface area contributed by atoms with Crippen molar-refractivity contribution < 1.29 is 19.3 Å². The molecule has 0 radical (unpaired) electrons. The van der Waals surface area contributed by atoms with Crippen molar-refractivity contribution >= 4 is 21.8 Å². The Hall–Kier alpha value is -4.16. The van der Waals surface area contributed by atoms with E-state index >= 15 is 0 Å². The Kier molecular flexibility index (Phi) is 5.50. The number of ether oxygens (including phenoxy) is 3. The van der Waals surface area contributed by atoms with Crippen molar-refractivity contribution in [3.8, 4) is 34.3 Å². The monoisotopic (exact) mass is 438 g/mol. The van der Waals surface area contributed by atoms with Crippen molar-refractivity contribution in [3.05, 3.63) is 84.6 Å². The molecule has 5 aromatic rings. The van der Waals surface area contributed by atoms with E-state index in [0.29, 0.717) is 28.7 Å². The molecule has 0 bridgehead atoms. The highest BCUT2D eigenvalue weighted by molar-refractivity contribution is 5.89. The number of aliphatic hydroxyl groups excluding tert-OH is 1. The summed E-state index contributed by atoms with van der Waals surface area (Å²) in [7, 11) is 3.19. The maximum atomic E-state index is 9.62. The van der Waals surface area contributed by atoms with Crippen molar-refractivity contribution in [2.45, 2.75) is 6.61 Å². The molecular formula is C27H22N2O4. The highest BCUT2D eigenvalue weighted by atomic mass is 16.5. The van der Waals surface area contributed by atoms with Crippen molar-refractivity contribution in [2.75, 3.05) is 14.2 Å². The van der Waals surface area contributed by atoms with Gasteiger partial charge in [0.2, 0.25) is 0 Å². The van der Waals surface area contributed by atoms with Crippen LogP contribution in [0, 0.1) is 0 Å². The van der Waals surface area contributed by atoms with E-state index < -0.39 is 0 Å². The van der Waals surface area contributed by atoms with Gasteiger partial charge in [0.25, 0.3) is 0 Å². The number of rotatable bonds is 6. The van der Waals surface area contributed by atoms with Crippen LogP contribution in [0.5, 0.6) is 23.0 Å². The largest absolute Gasteiger partial charge is 0.493 e. The maximum Gasteiger partial charge on any atom is 0.162 e. The van der Waals surface area contributed by atoms with Crippen LogP contribution in [0.15, 0.2) is 79.0 Å². The Morgan fingerprint density at radius 1 is 0.758 bits per heavy atom. The zero-order valence-electron chi connectivity index (χ0n) is 18.3. The van der Waals surface area contributed by atoms with Crippen LogP contribution in [0.3, 0.4) is 0 Å². The molecule has 0 fully saturated rings. The SMILES string of the molecule is COc1cc2nccc(Oc3cc4ccccc4nc3-c3cccc(CO)c3)c2cc1OC. The Balaban J connectivity index is 1.69. The molecule has 1 N–H and O–H groups in total. The van der Waals surface area contributed by atoms with Gasteiger partial charge in [-0.1, -0.05) is 36.4 Å². The Labute approximate surface area is 191 Å². The molecular weight excluding hydrogens is 416 g/mol. The van der Waals surface area contributed by atoms with Crippen molar-refractivity contribution in [1.82, 2.24) is 9.97 Å². The second kappa shape index (κ2) is 8.76. The minimum absolute atomic E-state index is 0.0474. The van der Waals surface area contributed by atoms with E-state index in [1.54, 1.807) is 20.4 Å². The van der Waals surface area contributed by atoms with E-state index in [1.807, 2.05) is 72.8 Å². The first-order valence-electron chi connectivity index (χ1n) is 10.5. The van der Waals surface area contributed by atoms with Gasteiger partial charge >= 0.3 is 0 Å². The van der Waals surface area contributed by atoms with Gasteiger partial charge in [-0.3, -0.25) is 4.98 Å². The Bertz CT molecular complexity index is 1470. The summed E-state index contributed by atoms with van der Waals surface area (Å²) in [5.41, 5.74) is 3.94. The summed E-state index contributed by atoms with van der Waals surface area (Å²) >= 11 is 0. The molecule has 0 aliphatic carbocycles. The van der Waals surface area contributed by atoms with Crippen LogP contribution >= 0.6 is 0 Å². The maximum absolute atomic E-state index is 9.62. The predicted octanol–water partition coefficient (Wildman–Crippen LogP) is 5.75. The van der Waals surface area contributed by atoms with Gasteiger partial charge in [-0.05, 0) is 35.9 Å². The minimum atomic E-state index is -0.0474. The number of nitrogens with zero attached hydrogens (tertiary/aromatic N) is 2. The molecule has 0 saturated carbocycles. The molecule has 0 amide bonds. The smallest absolute Gasteiger partial charge is 0.162 e. The molecule has 0 aliphatic heterocycles. The summed E-state index contributed by atoms with van der Waals surface area (Å²) in [5.74, 6) is 2.42. The van der Waals surface area contributed by atoms with E-state index in [9.17, 15) is 5.11 Å². The zero-order valence-corrected chi connectivity index (χ0v) is 18.3. The third-order valence-corrected chi connectivity index (χ3v) is 5.50. The van der Waals surface area contributed by atoms with Crippen LogP contribution in [0.4, 0.5) is 0 Å². The van der Waals surface area contributed by atoms with Gasteiger partial charge in [0.1, 0.15) is 11.4 Å². The summed E-state index contributed by atoms with van der Waals surface area (Å²) in [6, 6.07) is 23.0. The van der Waals surface area contributed by atoms with Gasteiger partial charge in [0.15, 0.2) is 17.2 Å². The lowest BCUT2D eigenvalue weighted by atomic mass is 10.1. The first kappa shape index (κ1) is 20.7. The summed E-state index contributed by atoms with van der Waals surface area (Å²) in [5, 5.41) is 11.4. The Morgan fingerprint density at radius 2 is 1.58 bits per heavy atom. The van der Waals surface area contributed by atoms with Gasteiger partial charge in [-0.15, -0.1) is 0 Å². The van der Waals surface area contributed by atoms with E-state index in [-0.39, 0.29) is 6.61 Å². The molecule has 5 rings (SSSR count). The fourth-order valence-corrected chi connectivity index (χ4v) is 3.85. The summed E-state index contributed by atoms with van der Waals surface area (Å²) in [6.07, 6.45) is 1.70. The van der Waals surface area contributed by atoms with Crippen LogP contribution in [0.1, 0.15) is 5.56 Å². The first-order valence-corrected chi connectivity index (χ1v) is 10.5. The quantitative estimate of drug-likeness (QED) is 0.364. The van der Waals surface area contributed by atoms with Crippen LogP contribution in [0.2, 0.25) is 0 Å². The lowest BCUT2D eigenvalue weighted by Crippen LogP contribution is -1.96. The molecule has 2 aromatic heterocycles. The van der Waals surface area contributed by atoms with Gasteiger partial charge in [-0.2, -0.15) is 0 Å². The third kappa shape index (κ3) is 3.92. The van der Waals surface area contributed by atoms with E-state index in [2.05, 4.69) is 4.98 Å². The van der Waals surface area contributed by atoms with Gasteiger partial charge in [0, 0.05) is 28.6 Å². The number of para-hydroxylation sites is 1.